The second-order valence-corrected chi connectivity index (χ2v) is 9.19. The largest absolute Gasteiger partial charge is 0.513 e. The minimum Gasteiger partial charge on any atom is -0.513 e. The molecule has 0 saturated carbocycles. The van der Waals surface area contributed by atoms with Crippen molar-refractivity contribution >= 4 is 13.1 Å². The van der Waals surface area contributed by atoms with Crippen molar-refractivity contribution in [2.24, 2.45) is 0 Å². The Bertz CT molecular complexity index is 884. The number of benzene rings is 1. The molecule has 7 heteroatoms. The summed E-state index contributed by atoms with van der Waals surface area (Å²) in [5.74, 6) is 1.14. The number of aliphatic hydroxyl groups is 1. The highest BCUT2D eigenvalue weighted by Gasteiger charge is 2.52. The lowest BCUT2D eigenvalue weighted by atomic mass is 9.76. The zero-order chi connectivity index (χ0) is 24.8. The third-order valence-corrected chi connectivity index (χ3v) is 6.26. The number of allylic oxidation sites excluding steroid dienone is 4. The van der Waals surface area contributed by atoms with Gasteiger partial charge in [0.05, 0.1) is 30.0 Å². The molecule has 1 aliphatic rings. The Morgan fingerprint density at radius 1 is 1.06 bits per heavy atom. The minimum atomic E-state index is -0.707. The summed E-state index contributed by atoms with van der Waals surface area (Å²) in [5.41, 5.74) is 1.35. The molecular formula is C26H39BO6. The fraction of sp³-hybridized carbons (Fsp3) is 0.577. The molecule has 0 bridgehead atoms. The standard InChI is InChI=1S/C26H39BO6/c1-9-18-13-14-19(16-24(29)30-12-4)23(15-18)31-20(10-2)17-21(22(28)11-3)27-32-25(5,6)26(7,8)33-27/h13-15,17,28H,9-12,16H2,1-8H3/b20-17+,22-21-. The molecule has 0 spiro atoms. The first-order chi connectivity index (χ1) is 15.5. The van der Waals surface area contributed by atoms with E-state index in [0.717, 1.165) is 17.5 Å². The molecule has 1 aliphatic heterocycles. The molecule has 1 aromatic carbocycles. The van der Waals surface area contributed by atoms with Gasteiger partial charge >= 0.3 is 13.1 Å². The van der Waals surface area contributed by atoms with Gasteiger partial charge in [-0.05, 0) is 58.7 Å². The van der Waals surface area contributed by atoms with Crippen LogP contribution in [0.2, 0.25) is 0 Å². The summed E-state index contributed by atoms with van der Waals surface area (Å²) in [4.78, 5) is 12.1. The van der Waals surface area contributed by atoms with Crippen LogP contribution >= 0.6 is 0 Å². The number of hydrogen-bond donors (Lipinski definition) is 1. The molecule has 1 N–H and O–H groups in total. The van der Waals surface area contributed by atoms with E-state index in [1.807, 2.05) is 59.7 Å². The first-order valence-corrected chi connectivity index (χ1v) is 11.9. The lowest BCUT2D eigenvalue weighted by Crippen LogP contribution is -2.41. The van der Waals surface area contributed by atoms with Crippen LogP contribution in [0, 0.1) is 0 Å². The molecule has 2 rings (SSSR count). The molecule has 0 unspecified atom stereocenters. The van der Waals surface area contributed by atoms with E-state index >= 15 is 0 Å². The van der Waals surface area contributed by atoms with Gasteiger partial charge in [-0.25, -0.2) is 0 Å². The van der Waals surface area contributed by atoms with Crippen LogP contribution in [0.15, 0.2) is 41.3 Å². The van der Waals surface area contributed by atoms with Gasteiger partial charge in [0.25, 0.3) is 0 Å². The first-order valence-electron chi connectivity index (χ1n) is 11.9. The van der Waals surface area contributed by atoms with Gasteiger partial charge < -0.3 is 23.9 Å². The zero-order valence-electron chi connectivity index (χ0n) is 21.4. The Balaban J connectivity index is 2.42. The van der Waals surface area contributed by atoms with Crippen LogP contribution in [0.1, 0.15) is 79.4 Å². The molecule has 0 amide bonds. The summed E-state index contributed by atoms with van der Waals surface area (Å²) in [6.07, 6.45) is 3.79. The monoisotopic (exact) mass is 458 g/mol. The third kappa shape index (κ3) is 6.64. The van der Waals surface area contributed by atoms with E-state index in [2.05, 4.69) is 6.92 Å². The van der Waals surface area contributed by atoms with Crippen molar-refractivity contribution in [3.05, 3.63) is 52.4 Å². The second-order valence-electron chi connectivity index (χ2n) is 9.19. The zero-order valence-corrected chi connectivity index (χ0v) is 21.4. The minimum absolute atomic E-state index is 0.129. The average Bonchev–Trinajstić information content (AvgIpc) is 2.98. The van der Waals surface area contributed by atoms with Crippen LogP contribution < -0.4 is 4.74 Å². The van der Waals surface area contributed by atoms with E-state index in [1.54, 1.807) is 13.0 Å². The highest BCUT2D eigenvalue weighted by molar-refractivity contribution is 6.55. The lowest BCUT2D eigenvalue weighted by molar-refractivity contribution is -0.142. The predicted octanol–water partition coefficient (Wildman–Crippen LogP) is 5.88. The van der Waals surface area contributed by atoms with Crippen molar-refractivity contribution in [3.63, 3.8) is 0 Å². The van der Waals surface area contributed by atoms with Gasteiger partial charge in [0.15, 0.2) is 0 Å². The molecule has 0 aliphatic carbocycles. The van der Waals surface area contributed by atoms with Crippen molar-refractivity contribution in [2.45, 2.75) is 92.3 Å². The first kappa shape index (κ1) is 27.0. The molecule has 0 radical (unpaired) electrons. The molecule has 182 valence electrons. The number of esters is 1. The number of ether oxygens (including phenoxy) is 2. The number of carbonyl (C=O) groups is 1. The second kappa shape index (κ2) is 11.3. The van der Waals surface area contributed by atoms with Crippen molar-refractivity contribution < 1.29 is 28.7 Å². The smallest absolute Gasteiger partial charge is 0.498 e. The Labute approximate surface area is 199 Å². The highest BCUT2D eigenvalue weighted by atomic mass is 16.7. The van der Waals surface area contributed by atoms with Crippen LogP contribution in [-0.2, 0) is 31.7 Å². The van der Waals surface area contributed by atoms with E-state index in [1.165, 1.54) is 0 Å². The summed E-state index contributed by atoms with van der Waals surface area (Å²) >= 11 is 0. The van der Waals surface area contributed by atoms with Crippen LogP contribution in [0.4, 0.5) is 0 Å². The van der Waals surface area contributed by atoms with Gasteiger partial charge in [0.1, 0.15) is 11.5 Å². The van der Waals surface area contributed by atoms with Crippen molar-refractivity contribution in [2.75, 3.05) is 6.61 Å². The maximum Gasteiger partial charge on any atom is 0.498 e. The summed E-state index contributed by atoms with van der Waals surface area (Å²) < 4.78 is 23.8. The molecule has 0 aromatic heterocycles. The molecule has 1 fully saturated rings. The third-order valence-electron chi connectivity index (χ3n) is 6.26. The number of carbonyl (C=O) groups excluding carboxylic acids is 1. The Kier molecular flexibility index (Phi) is 9.21. The quantitative estimate of drug-likeness (QED) is 0.204. The van der Waals surface area contributed by atoms with E-state index in [0.29, 0.717) is 36.4 Å². The van der Waals surface area contributed by atoms with Crippen LogP contribution in [0.5, 0.6) is 5.75 Å². The van der Waals surface area contributed by atoms with Crippen LogP contribution in [-0.4, -0.2) is 36.0 Å². The van der Waals surface area contributed by atoms with E-state index < -0.39 is 18.3 Å². The maximum atomic E-state index is 12.1. The van der Waals surface area contributed by atoms with E-state index in [4.69, 9.17) is 18.8 Å². The van der Waals surface area contributed by atoms with Gasteiger partial charge in [-0.1, -0.05) is 32.9 Å². The number of hydrogen-bond acceptors (Lipinski definition) is 6. The normalized spacial score (nSPS) is 18.2. The Morgan fingerprint density at radius 3 is 2.21 bits per heavy atom. The van der Waals surface area contributed by atoms with Gasteiger partial charge in [-0.3, -0.25) is 4.79 Å². The number of rotatable bonds is 10. The van der Waals surface area contributed by atoms with Crippen molar-refractivity contribution in [1.82, 2.24) is 0 Å². The number of aryl methyl sites for hydroxylation is 1. The highest BCUT2D eigenvalue weighted by Crippen LogP contribution is 2.39. The van der Waals surface area contributed by atoms with E-state index in [-0.39, 0.29) is 18.1 Å². The van der Waals surface area contributed by atoms with Crippen molar-refractivity contribution in [1.29, 1.82) is 0 Å². The molecule has 33 heavy (non-hydrogen) atoms. The fourth-order valence-corrected chi connectivity index (χ4v) is 3.41. The molecule has 1 aromatic rings. The molecule has 0 atom stereocenters. The van der Waals surface area contributed by atoms with Gasteiger partial charge in [-0.15, -0.1) is 0 Å². The summed E-state index contributed by atoms with van der Waals surface area (Å²) in [6, 6.07) is 5.86. The van der Waals surface area contributed by atoms with Crippen molar-refractivity contribution in [3.8, 4) is 5.75 Å². The van der Waals surface area contributed by atoms with Gasteiger partial charge in [-0.2, -0.15) is 0 Å². The van der Waals surface area contributed by atoms with Gasteiger partial charge in [0, 0.05) is 23.9 Å². The summed E-state index contributed by atoms with van der Waals surface area (Å²) in [5, 5.41) is 10.7. The summed E-state index contributed by atoms with van der Waals surface area (Å²) in [6.45, 7) is 16.0. The van der Waals surface area contributed by atoms with Crippen LogP contribution in [0.25, 0.3) is 0 Å². The number of aliphatic hydroxyl groups excluding tert-OH is 1. The topological polar surface area (TPSA) is 74.2 Å². The van der Waals surface area contributed by atoms with Crippen LogP contribution in [0.3, 0.4) is 0 Å². The average molecular weight is 458 g/mol. The molecule has 1 heterocycles. The van der Waals surface area contributed by atoms with Gasteiger partial charge in [0.2, 0.25) is 0 Å². The Hall–Kier alpha value is -2.25. The lowest BCUT2D eigenvalue weighted by Gasteiger charge is -2.32. The SMILES string of the molecule is CCOC(=O)Cc1ccc(CC)cc1O/C(=C/C(B1OC(C)(C)C(C)(C)O1)=C(/O)CC)CC. The molecule has 6 nitrogen and oxygen atoms in total. The fourth-order valence-electron chi connectivity index (χ4n) is 3.41. The Morgan fingerprint density at radius 2 is 1.70 bits per heavy atom. The maximum absolute atomic E-state index is 12.1. The molecule has 1 saturated heterocycles. The predicted molar refractivity (Wildman–Crippen MR) is 131 cm³/mol. The summed E-state index contributed by atoms with van der Waals surface area (Å²) in [7, 11) is -0.707. The van der Waals surface area contributed by atoms with E-state index in [9.17, 15) is 9.90 Å². The molecular weight excluding hydrogens is 419 g/mol.